The Morgan fingerprint density at radius 2 is 1.86 bits per heavy atom. The second kappa shape index (κ2) is 3.39. The smallest absolute Gasteiger partial charge is 0.310 e. The molecular weight excluding hydrogens is 204 g/mol. The summed E-state index contributed by atoms with van der Waals surface area (Å²) in [5, 5.41) is -0.419. The van der Waals surface area contributed by atoms with Gasteiger partial charge in [-0.3, -0.25) is 9.59 Å². The molecule has 0 aromatic carbocycles. The zero-order chi connectivity index (χ0) is 10.3. The molecule has 2 bridgehead atoms. The predicted octanol–water partition coefficient (Wildman–Crippen LogP) is 1.36. The van der Waals surface area contributed by atoms with Crippen molar-refractivity contribution >= 4 is 22.8 Å². The number of hydrogen-bond donors (Lipinski definition) is 0. The summed E-state index contributed by atoms with van der Waals surface area (Å²) in [4.78, 5) is 22.6. The highest BCUT2D eigenvalue weighted by atomic mass is 35.5. The van der Waals surface area contributed by atoms with E-state index in [4.69, 9.17) is 11.6 Å². The van der Waals surface area contributed by atoms with Crippen LogP contribution in [0, 0.1) is 23.7 Å². The molecule has 3 nitrogen and oxygen atoms in total. The van der Waals surface area contributed by atoms with E-state index < -0.39 is 5.24 Å². The van der Waals surface area contributed by atoms with Crippen molar-refractivity contribution in [2.24, 2.45) is 23.7 Å². The molecule has 0 heterocycles. The molecule has 4 heteroatoms. The number of hydrogen-bond acceptors (Lipinski definition) is 3. The third-order valence-corrected chi connectivity index (χ3v) is 3.45. The highest BCUT2D eigenvalue weighted by molar-refractivity contribution is 6.64. The van der Waals surface area contributed by atoms with E-state index in [1.165, 1.54) is 7.11 Å². The van der Waals surface area contributed by atoms with Crippen LogP contribution in [-0.4, -0.2) is 18.3 Å². The second-order valence-corrected chi connectivity index (χ2v) is 4.20. The summed E-state index contributed by atoms with van der Waals surface area (Å²) in [6, 6.07) is 0. The zero-order valence-electron chi connectivity index (χ0n) is 7.77. The molecular formula is C10H11ClO3. The molecule has 0 amide bonds. The summed E-state index contributed by atoms with van der Waals surface area (Å²) in [6.45, 7) is 0. The first-order valence-corrected chi connectivity index (χ1v) is 4.98. The Hall–Kier alpha value is -0.830. The van der Waals surface area contributed by atoms with E-state index in [0.29, 0.717) is 0 Å². The van der Waals surface area contributed by atoms with E-state index in [2.05, 4.69) is 4.74 Å². The van der Waals surface area contributed by atoms with Gasteiger partial charge < -0.3 is 4.74 Å². The number of ether oxygens (including phenoxy) is 1. The van der Waals surface area contributed by atoms with Gasteiger partial charge in [0.05, 0.1) is 18.9 Å². The number of carbonyl (C=O) groups is 2. The molecule has 76 valence electrons. The topological polar surface area (TPSA) is 43.4 Å². The maximum atomic E-state index is 11.5. The standard InChI is InChI=1S/C10H11ClO3/c1-14-10(13)8-6-3-2-5(4-6)7(8)9(11)12/h2-3,5-8H,4H2,1H3/t5-,6+,7+,8+/m1/s1. The molecule has 0 unspecified atom stereocenters. The SMILES string of the molecule is COC(=O)[C@@H]1[C@@H](C(=O)Cl)[C@@H]2C=C[C@H]1C2. The Morgan fingerprint density at radius 3 is 2.36 bits per heavy atom. The maximum Gasteiger partial charge on any atom is 0.310 e. The van der Waals surface area contributed by atoms with E-state index in [9.17, 15) is 9.59 Å². The maximum absolute atomic E-state index is 11.5. The zero-order valence-corrected chi connectivity index (χ0v) is 8.53. The van der Waals surface area contributed by atoms with Crippen molar-refractivity contribution in [2.75, 3.05) is 7.11 Å². The average Bonchev–Trinajstić information content (AvgIpc) is 2.74. The Kier molecular flexibility index (Phi) is 2.35. The first kappa shape index (κ1) is 9.71. The number of rotatable bonds is 2. The van der Waals surface area contributed by atoms with E-state index >= 15 is 0 Å². The van der Waals surface area contributed by atoms with Crippen molar-refractivity contribution < 1.29 is 14.3 Å². The lowest BCUT2D eigenvalue weighted by atomic mass is 9.84. The summed E-state index contributed by atoms with van der Waals surface area (Å²) < 4.78 is 4.68. The van der Waals surface area contributed by atoms with Crippen molar-refractivity contribution in [3.8, 4) is 0 Å². The summed E-state index contributed by atoms with van der Waals surface area (Å²) in [5.41, 5.74) is 0. The minimum absolute atomic E-state index is 0.133. The van der Waals surface area contributed by atoms with Crippen molar-refractivity contribution in [3.63, 3.8) is 0 Å². The van der Waals surface area contributed by atoms with Gasteiger partial charge in [0.15, 0.2) is 0 Å². The van der Waals surface area contributed by atoms with Crippen LogP contribution >= 0.6 is 11.6 Å². The molecule has 4 atom stereocenters. The van der Waals surface area contributed by atoms with Gasteiger partial charge in [0.25, 0.3) is 0 Å². The molecule has 0 radical (unpaired) electrons. The van der Waals surface area contributed by atoms with Crippen LogP contribution in [0.5, 0.6) is 0 Å². The number of carbonyl (C=O) groups excluding carboxylic acids is 2. The van der Waals surface area contributed by atoms with Crippen molar-refractivity contribution in [2.45, 2.75) is 6.42 Å². The lowest BCUT2D eigenvalue weighted by Gasteiger charge is -2.22. The van der Waals surface area contributed by atoms with Gasteiger partial charge in [-0.1, -0.05) is 12.2 Å². The molecule has 0 saturated heterocycles. The predicted molar refractivity (Wildman–Crippen MR) is 50.6 cm³/mol. The summed E-state index contributed by atoms with van der Waals surface area (Å²) >= 11 is 5.49. The highest BCUT2D eigenvalue weighted by Gasteiger charge is 2.51. The summed E-state index contributed by atoms with van der Waals surface area (Å²) in [6.07, 6.45) is 4.82. The Labute approximate surface area is 87.1 Å². The highest BCUT2D eigenvalue weighted by Crippen LogP contribution is 2.49. The lowest BCUT2D eigenvalue weighted by molar-refractivity contribution is -0.149. The number of fused-ring (bicyclic) bond motifs is 2. The van der Waals surface area contributed by atoms with E-state index in [0.717, 1.165) is 6.42 Å². The molecule has 0 N–H and O–H groups in total. The molecule has 14 heavy (non-hydrogen) atoms. The molecule has 1 saturated carbocycles. The summed E-state index contributed by atoms with van der Waals surface area (Å²) in [5.74, 6) is -0.783. The van der Waals surface area contributed by atoms with Gasteiger partial charge in [-0.25, -0.2) is 0 Å². The van der Waals surface area contributed by atoms with E-state index in [-0.39, 0.29) is 29.6 Å². The van der Waals surface area contributed by atoms with Crippen LogP contribution in [0.1, 0.15) is 6.42 Å². The fraction of sp³-hybridized carbons (Fsp3) is 0.600. The largest absolute Gasteiger partial charge is 0.469 e. The van der Waals surface area contributed by atoms with Crippen LogP contribution in [-0.2, 0) is 14.3 Å². The molecule has 0 aromatic heterocycles. The van der Waals surface area contributed by atoms with Crippen molar-refractivity contribution in [1.29, 1.82) is 0 Å². The third kappa shape index (κ3) is 1.27. The minimum atomic E-state index is -0.419. The molecule has 0 aliphatic heterocycles. The van der Waals surface area contributed by atoms with Crippen LogP contribution < -0.4 is 0 Å². The Balaban J connectivity index is 2.26. The minimum Gasteiger partial charge on any atom is -0.469 e. The molecule has 2 aliphatic rings. The van der Waals surface area contributed by atoms with Gasteiger partial charge in [0.1, 0.15) is 0 Å². The number of allylic oxidation sites excluding steroid dienone is 2. The van der Waals surface area contributed by atoms with Gasteiger partial charge >= 0.3 is 5.97 Å². The van der Waals surface area contributed by atoms with E-state index in [1.807, 2.05) is 12.2 Å². The lowest BCUT2D eigenvalue weighted by Crippen LogP contribution is -2.31. The van der Waals surface area contributed by atoms with Crippen LogP contribution in [0.4, 0.5) is 0 Å². The molecule has 1 fully saturated rings. The van der Waals surface area contributed by atoms with Gasteiger partial charge in [-0.05, 0) is 29.9 Å². The fourth-order valence-corrected chi connectivity index (χ4v) is 2.89. The fourth-order valence-electron chi connectivity index (χ4n) is 2.59. The van der Waals surface area contributed by atoms with Gasteiger partial charge in [-0.15, -0.1) is 0 Å². The van der Waals surface area contributed by atoms with Gasteiger partial charge in [0.2, 0.25) is 5.24 Å². The third-order valence-electron chi connectivity index (χ3n) is 3.19. The van der Waals surface area contributed by atoms with E-state index in [1.54, 1.807) is 0 Å². The second-order valence-electron chi connectivity index (χ2n) is 3.83. The van der Waals surface area contributed by atoms with Crippen molar-refractivity contribution in [3.05, 3.63) is 12.2 Å². The molecule has 2 aliphatic carbocycles. The molecule has 0 aromatic rings. The van der Waals surface area contributed by atoms with Crippen LogP contribution in [0.25, 0.3) is 0 Å². The number of methoxy groups -OCH3 is 1. The van der Waals surface area contributed by atoms with Gasteiger partial charge in [0, 0.05) is 0 Å². The molecule has 0 spiro atoms. The molecule has 2 rings (SSSR count). The number of halogens is 1. The quantitative estimate of drug-likeness (QED) is 0.396. The monoisotopic (exact) mass is 214 g/mol. The Bertz CT molecular complexity index is 310. The normalized spacial score (nSPS) is 38.7. The Morgan fingerprint density at radius 1 is 1.29 bits per heavy atom. The summed E-state index contributed by atoms with van der Waals surface area (Å²) in [7, 11) is 1.34. The average molecular weight is 215 g/mol. The van der Waals surface area contributed by atoms with Crippen LogP contribution in [0.3, 0.4) is 0 Å². The number of esters is 1. The van der Waals surface area contributed by atoms with Crippen LogP contribution in [0.15, 0.2) is 12.2 Å². The first-order chi connectivity index (χ1) is 6.65. The first-order valence-electron chi connectivity index (χ1n) is 4.60. The van der Waals surface area contributed by atoms with Gasteiger partial charge in [-0.2, -0.15) is 0 Å². The van der Waals surface area contributed by atoms with Crippen molar-refractivity contribution in [1.82, 2.24) is 0 Å². The van der Waals surface area contributed by atoms with Crippen LogP contribution in [0.2, 0.25) is 0 Å².